The van der Waals surface area contributed by atoms with E-state index in [-0.39, 0.29) is 10.0 Å². The maximum absolute atomic E-state index is 12.1. The first-order chi connectivity index (χ1) is 10.4. The smallest absolute Gasteiger partial charge is 0.343 e. The summed E-state index contributed by atoms with van der Waals surface area (Å²) in [5.74, 6) is -1.57. The number of rotatable bonds is 8. The summed E-state index contributed by atoms with van der Waals surface area (Å²) in [7, 11) is 0. The Morgan fingerprint density at radius 2 is 1.50 bits per heavy atom. The molecular formula is C15H19Br3O4. The van der Waals surface area contributed by atoms with E-state index >= 15 is 0 Å². The van der Waals surface area contributed by atoms with Gasteiger partial charge in [-0.2, -0.15) is 0 Å². The predicted molar refractivity (Wildman–Crippen MR) is 96.5 cm³/mol. The van der Waals surface area contributed by atoms with Crippen molar-refractivity contribution in [2.45, 2.75) is 45.4 Å². The number of phenolic OH excluding ortho intramolecular Hbond substituents is 2. The van der Waals surface area contributed by atoms with Crippen molar-refractivity contribution in [1.29, 1.82) is 0 Å². The third-order valence-corrected chi connectivity index (χ3v) is 6.63. The molecular weight excluding hydrogens is 484 g/mol. The molecule has 7 heteroatoms. The zero-order valence-corrected chi connectivity index (χ0v) is 17.1. The Balaban J connectivity index is 2.60. The number of esters is 1. The van der Waals surface area contributed by atoms with Crippen LogP contribution in [0, 0.1) is 0 Å². The number of carbonyl (C=O) groups excluding carboxylic acids is 1. The molecule has 0 saturated carbocycles. The van der Waals surface area contributed by atoms with Gasteiger partial charge in [-0.25, -0.2) is 4.79 Å². The maximum Gasteiger partial charge on any atom is 0.343 e. The van der Waals surface area contributed by atoms with Gasteiger partial charge in [0.2, 0.25) is 0 Å². The van der Waals surface area contributed by atoms with Crippen LogP contribution in [0.15, 0.2) is 13.4 Å². The number of aromatic hydroxyl groups is 2. The average Bonchev–Trinajstić information content (AvgIpc) is 2.50. The first-order valence-electron chi connectivity index (χ1n) is 7.17. The SMILES string of the molecule is CCCCCCCCOC(=O)c1c(O)c(O)c(Br)c(Br)c1Br. The average molecular weight is 503 g/mol. The Labute approximate surface area is 155 Å². The molecule has 0 atom stereocenters. The second-order valence-corrected chi connectivity index (χ2v) is 7.30. The van der Waals surface area contributed by atoms with Crippen LogP contribution in [-0.4, -0.2) is 22.8 Å². The minimum Gasteiger partial charge on any atom is -0.504 e. The fourth-order valence-corrected chi connectivity index (χ4v) is 3.53. The van der Waals surface area contributed by atoms with Gasteiger partial charge in [0.15, 0.2) is 11.5 Å². The van der Waals surface area contributed by atoms with Crippen LogP contribution in [0.5, 0.6) is 11.5 Å². The van der Waals surface area contributed by atoms with Crippen molar-refractivity contribution in [3.63, 3.8) is 0 Å². The van der Waals surface area contributed by atoms with Gasteiger partial charge in [0.25, 0.3) is 0 Å². The number of carbonyl (C=O) groups is 1. The van der Waals surface area contributed by atoms with Crippen LogP contribution in [0.2, 0.25) is 0 Å². The molecule has 0 saturated heterocycles. The molecule has 0 amide bonds. The van der Waals surface area contributed by atoms with E-state index in [2.05, 4.69) is 54.7 Å². The lowest BCUT2D eigenvalue weighted by Gasteiger charge is -2.12. The summed E-state index contributed by atoms with van der Waals surface area (Å²) >= 11 is 9.57. The minimum atomic E-state index is -0.665. The van der Waals surface area contributed by atoms with E-state index in [1.807, 2.05) is 0 Å². The molecule has 0 radical (unpaired) electrons. The lowest BCUT2D eigenvalue weighted by molar-refractivity contribution is 0.0492. The molecule has 0 aliphatic heterocycles. The monoisotopic (exact) mass is 500 g/mol. The molecule has 1 aromatic carbocycles. The predicted octanol–water partition coefficient (Wildman–Crippen LogP) is 5.90. The molecule has 124 valence electrons. The Kier molecular flexibility index (Phi) is 8.79. The number of ether oxygens (including phenoxy) is 1. The largest absolute Gasteiger partial charge is 0.504 e. The molecule has 0 heterocycles. The second kappa shape index (κ2) is 9.78. The van der Waals surface area contributed by atoms with Crippen molar-refractivity contribution in [3.05, 3.63) is 19.0 Å². The van der Waals surface area contributed by atoms with E-state index in [0.29, 0.717) is 15.6 Å². The number of hydrogen-bond donors (Lipinski definition) is 2. The summed E-state index contributed by atoms with van der Waals surface area (Å²) in [5.41, 5.74) is -0.0847. The fourth-order valence-electron chi connectivity index (χ4n) is 1.94. The maximum atomic E-state index is 12.1. The van der Waals surface area contributed by atoms with Crippen molar-refractivity contribution >= 4 is 53.8 Å². The van der Waals surface area contributed by atoms with Gasteiger partial charge in [0.05, 0.1) is 20.0 Å². The van der Waals surface area contributed by atoms with Crippen LogP contribution in [0.25, 0.3) is 0 Å². The van der Waals surface area contributed by atoms with Gasteiger partial charge in [-0.05, 0) is 54.2 Å². The molecule has 0 fully saturated rings. The highest BCUT2D eigenvalue weighted by atomic mass is 79.9. The lowest BCUT2D eigenvalue weighted by Crippen LogP contribution is -2.08. The standard InChI is InChI=1S/C15H19Br3O4/c1-2-3-4-5-6-7-8-22-15(21)9-10(16)11(17)12(18)14(20)13(9)19/h19-20H,2-8H2,1H3. The third-order valence-electron chi connectivity index (χ3n) is 3.21. The molecule has 0 aliphatic carbocycles. The van der Waals surface area contributed by atoms with E-state index in [4.69, 9.17) is 4.74 Å². The van der Waals surface area contributed by atoms with Crippen LogP contribution in [0.4, 0.5) is 0 Å². The summed E-state index contributed by atoms with van der Waals surface area (Å²) < 4.78 is 6.21. The van der Waals surface area contributed by atoms with Crippen LogP contribution in [0.3, 0.4) is 0 Å². The number of halogens is 3. The van der Waals surface area contributed by atoms with Crippen molar-refractivity contribution in [2.24, 2.45) is 0 Å². The number of hydrogen-bond acceptors (Lipinski definition) is 4. The summed E-state index contributed by atoms with van der Waals surface area (Å²) in [6.45, 7) is 2.46. The van der Waals surface area contributed by atoms with E-state index in [1.54, 1.807) is 0 Å². The van der Waals surface area contributed by atoms with E-state index < -0.39 is 17.5 Å². The highest BCUT2D eigenvalue weighted by molar-refractivity contribution is 9.14. The molecule has 0 aliphatic rings. The molecule has 22 heavy (non-hydrogen) atoms. The van der Waals surface area contributed by atoms with Crippen LogP contribution in [0.1, 0.15) is 55.8 Å². The van der Waals surface area contributed by atoms with Gasteiger partial charge < -0.3 is 14.9 Å². The first-order valence-corrected chi connectivity index (χ1v) is 9.55. The zero-order valence-electron chi connectivity index (χ0n) is 12.3. The molecule has 0 aromatic heterocycles. The molecule has 0 spiro atoms. The number of unbranched alkanes of at least 4 members (excludes halogenated alkanes) is 5. The summed E-state index contributed by atoms with van der Waals surface area (Å²) in [6.07, 6.45) is 6.56. The molecule has 2 N–H and O–H groups in total. The van der Waals surface area contributed by atoms with E-state index in [1.165, 1.54) is 19.3 Å². The van der Waals surface area contributed by atoms with Gasteiger partial charge in [-0.3, -0.25) is 0 Å². The first kappa shape index (κ1) is 19.8. The lowest BCUT2D eigenvalue weighted by atomic mass is 10.1. The van der Waals surface area contributed by atoms with Crippen LogP contribution >= 0.6 is 47.8 Å². The highest BCUT2D eigenvalue weighted by Gasteiger charge is 2.25. The summed E-state index contributed by atoms with van der Waals surface area (Å²) in [4.78, 5) is 12.1. The van der Waals surface area contributed by atoms with E-state index in [9.17, 15) is 15.0 Å². The quantitative estimate of drug-likeness (QED) is 0.201. The fraction of sp³-hybridized carbons (Fsp3) is 0.533. The van der Waals surface area contributed by atoms with Gasteiger partial charge in [0, 0.05) is 0 Å². The van der Waals surface area contributed by atoms with Crippen LogP contribution < -0.4 is 0 Å². The third kappa shape index (κ3) is 5.13. The van der Waals surface area contributed by atoms with Gasteiger partial charge in [-0.15, -0.1) is 0 Å². The summed E-state index contributed by atoms with van der Waals surface area (Å²) in [5, 5.41) is 19.7. The van der Waals surface area contributed by atoms with Crippen molar-refractivity contribution in [3.8, 4) is 11.5 Å². The zero-order chi connectivity index (χ0) is 16.7. The molecule has 0 unspecified atom stereocenters. The van der Waals surface area contributed by atoms with Crippen LogP contribution in [-0.2, 0) is 4.74 Å². The molecule has 4 nitrogen and oxygen atoms in total. The van der Waals surface area contributed by atoms with Gasteiger partial charge in [-0.1, -0.05) is 39.0 Å². The van der Waals surface area contributed by atoms with Gasteiger partial charge >= 0.3 is 5.97 Å². The normalized spacial score (nSPS) is 10.7. The van der Waals surface area contributed by atoms with E-state index in [0.717, 1.165) is 19.3 Å². The molecule has 1 aromatic rings. The minimum absolute atomic E-state index is 0.0847. The highest BCUT2D eigenvalue weighted by Crippen LogP contribution is 2.46. The Hall–Kier alpha value is -0.270. The van der Waals surface area contributed by atoms with Crippen molar-refractivity contribution < 1.29 is 19.7 Å². The molecule has 0 bridgehead atoms. The topological polar surface area (TPSA) is 66.8 Å². The number of benzene rings is 1. The number of phenols is 2. The van der Waals surface area contributed by atoms with Gasteiger partial charge in [0.1, 0.15) is 5.56 Å². The van der Waals surface area contributed by atoms with Crippen molar-refractivity contribution in [1.82, 2.24) is 0 Å². The summed E-state index contributed by atoms with van der Waals surface area (Å²) in [6, 6.07) is 0. The van der Waals surface area contributed by atoms with Crippen molar-refractivity contribution in [2.75, 3.05) is 6.61 Å². The second-order valence-electron chi connectivity index (χ2n) is 4.92. The Morgan fingerprint density at radius 1 is 0.909 bits per heavy atom. The Bertz CT molecular complexity index is 503. The molecule has 1 rings (SSSR count). The Morgan fingerprint density at radius 3 is 2.14 bits per heavy atom.